The summed E-state index contributed by atoms with van der Waals surface area (Å²) in [4.78, 5) is 0. The Morgan fingerprint density at radius 3 is 2.67 bits per heavy atom. The summed E-state index contributed by atoms with van der Waals surface area (Å²) in [6.07, 6.45) is 0. The standard InChI is InChI=1S/C15H15ClIN/c1-10-4-3-5-12(11(10)2)9-18-15-7-6-13(17)8-14(15)16/h3-8,18H,9H2,1-2H3. The average molecular weight is 372 g/mol. The van der Waals surface area contributed by atoms with Crippen LogP contribution in [0.5, 0.6) is 0 Å². The lowest BCUT2D eigenvalue weighted by atomic mass is 10.0. The molecule has 0 bridgehead atoms. The maximum absolute atomic E-state index is 6.20. The first-order valence-electron chi connectivity index (χ1n) is 5.82. The van der Waals surface area contributed by atoms with Crippen LogP contribution in [0.25, 0.3) is 0 Å². The summed E-state index contributed by atoms with van der Waals surface area (Å²) in [7, 11) is 0. The maximum Gasteiger partial charge on any atom is 0.0648 e. The van der Waals surface area contributed by atoms with Gasteiger partial charge in [0.15, 0.2) is 0 Å². The molecule has 0 fully saturated rings. The minimum Gasteiger partial charge on any atom is -0.380 e. The normalized spacial score (nSPS) is 10.4. The summed E-state index contributed by atoms with van der Waals surface area (Å²) in [6.45, 7) is 5.09. The van der Waals surface area contributed by atoms with E-state index in [0.717, 1.165) is 20.8 Å². The van der Waals surface area contributed by atoms with Gasteiger partial charge in [0.1, 0.15) is 0 Å². The topological polar surface area (TPSA) is 12.0 Å². The van der Waals surface area contributed by atoms with Crippen molar-refractivity contribution in [3.05, 3.63) is 61.7 Å². The van der Waals surface area contributed by atoms with Gasteiger partial charge in [-0.05, 0) is 71.3 Å². The van der Waals surface area contributed by atoms with Crippen LogP contribution >= 0.6 is 34.2 Å². The molecule has 0 aliphatic rings. The fourth-order valence-electron chi connectivity index (χ4n) is 1.83. The highest BCUT2D eigenvalue weighted by molar-refractivity contribution is 14.1. The fraction of sp³-hybridized carbons (Fsp3) is 0.200. The Hall–Kier alpha value is -0.740. The minimum absolute atomic E-state index is 0.771. The van der Waals surface area contributed by atoms with Gasteiger partial charge in [-0.25, -0.2) is 0 Å². The van der Waals surface area contributed by atoms with Gasteiger partial charge in [-0.1, -0.05) is 29.8 Å². The van der Waals surface area contributed by atoms with Crippen molar-refractivity contribution in [1.82, 2.24) is 0 Å². The van der Waals surface area contributed by atoms with E-state index in [1.54, 1.807) is 0 Å². The smallest absolute Gasteiger partial charge is 0.0648 e. The van der Waals surface area contributed by atoms with Gasteiger partial charge >= 0.3 is 0 Å². The van der Waals surface area contributed by atoms with E-state index < -0.39 is 0 Å². The molecule has 0 aromatic heterocycles. The molecule has 0 spiro atoms. The number of hydrogen-bond acceptors (Lipinski definition) is 1. The van der Waals surface area contributed by atoms with Crippen molar-refractivity contribution < 1.29 is 0 Å². The molecule has 94 valence electrons. The number of rotatable bonds is 3. The lowest BCUT2D eigenvalue weighted by molar-refractivity contribution is 1.10. The molecule has 0 saturated heterocycles. The maximum atomic E-state index is 6.20. The van der Waals surface area contributed by atoms with Gasteiger partial charge in [0, 0.05) is 10.1 Å². The van der Waals surface area contributed by atoms with Crippen molar-refractivity contribution in [3.8, 4) is 0 Å². The van der Waals surface area contributed by atoms with E-state index in [9.17, 15) is 0 Å². The van der Waals surface area contributed by atoms with E-state index in [0.29, 0.717) is 0 Å². The summed E-state index contributed by atoms with van der Waals surface area (Å²) in [5, 5.41) is 4.16. The Morgan fingerprint density at radius 2 is 1.94 bits per heavy atom. The van der Waals surface area contributed by atoms with Gasteiger partial charge in [-0.3, -0.25) is 0 Å². The molecule has 0 saturated carbocycles. The van der Waals surface area contributed by atoms with E-state index in [1.807, 2.05) is 12.1 Å². The zero-order valence-corrected chi connectivity index (χ0v) is 13.3. The molecule has 0 radical (unpaired) electrons. The fourth-order valence-corrected chi connectivity index (χ4v) is 2.75. The molecule has 2 aromatic carbocycles. The number of halogens is 2. The Kier molecular flexibility index (Phi) is 4.51. The van der Waals surface area contributed by atoms with Gasteiger partial charge < -0.3 is 5.32 Å². The molecule has 1 N–H and O–H groups in total. The Bertz CT molecular complexity index is 566. The van der Waals surface area contributed by atoms with Crippen LogP contribution in [0.3, 0.4) is 0 Å². The monoisotopic (exact) mass is 371 g/mol. The Morgan fingerprint density at radius 1 is 1.17 bits per heavy atom. The molecule has 0 heterocycles. The van der Waals surface area contributed by atoms with Crippen molar-refractivity contribution in [2.45, 2.75) is 20.4 Å². The van der Waals surface area contributed by atoms with Crippen LogP contribution in [0.15, 0.2) is 36.4 Å². The second kappa shape index (κ2) is 5.93. The quantitative estimate of drug-likeness (QED) is 0.734. The van der Waals surface area contributed by atoms with E-state index in [-0.39, 0.29) is 0 Å². The predicted molar refractivity (Wildman–Crippen MR) is 87.4 cm³/mol. The van der Waals surface area contributed by atoms with Crippen molar-refractivity contribution in [1.29, 1.82) is 0 Å². The van der Waals surface area contributed by atoms with Crippen molar-refractivity contribution in [2.24, 2.45) is 0 Å². The van der Waals surface area contributed by atoms with E-state index in [2.05, 4.69) is 66.0 Å². The summed E-state index contributed by atoms with van der Waals surface area (Å²) in [6, 6.07) is 12.4. The van der Waals surface area contributed by atoms with Crippen LogP contribution < -0.4 is 5.32 Å². The molecule has 0 amide bonds. The molecule has 3 heteroatoms. The molecule has 0 aliphatic carbocycles. The number of anilines is 1. The number of hydrogen-bond donors (Lipinski definition) is 1. The molecule has 18 heavy (non-hydrogen) atoms. The van der Waals surface area contributed by atoms with Crippen LogP contribution in [0.4, 0.5) is 5.69 Å². The van der Waals surface area contributed by atoms with Crippen molar-refractivity contribution >= 4 is 39.9 Å². The highest BCUT2D eigenvalue weighted by Gasteiger charge is 2.03. The molecule has 0 atom stereocenters. The lowest BCUT2D eigenvalue weighted by Gasteiger charge is -2.12. The van der Waals surface area contributed by atoms with Crippen LogP contribution in [0, 0.1) is 17.4 Å². The first kappa shape index (κ1) is 13.7. The van der Waals surface area contributed by atoms with E-state index in [4.69, 9.17) is 11.6 Å². The molecule has 2 rings (SSSR count). The van der Waals surface area contributed by atoms with Crippen LogP contribution in [-0.2, 0) is 6.54 Å². The van der Waals surface area contributed by atoms with E-state index >= 15 is 0 Å². The molecule has 0 unspecified atom stereocenters. The number of nitrogens with one attached hydrogen (secondary N) is 1. The zero-order valence-electron chi connectivity index (χ0n) is 10.4. The summed E-state index contributed by atoms with van der Waals surface area (Å²) in [5.41, 5.74) is 4.96. The second-order valence-corrected chi connectivity index (χ2v) is 5.99. The first-order valence-corrected chi connectivity index (χ1v) is 7.27. The molecule has 0 aliphatic heterocycles. The van der Waals surface area contributed by atoms with Gasteiger partial charge in [-0.15, -0.1) is 0 Å². The van der Waals surface area contributed by atoms with Gasteiger partial charge in [0.2, 0.25) is 0 Å². The average Bonchev–Trinajstić information content (AvgIpc) is 2.33. The third kappa shape index (κ3) is 3.18. The largest absolute Gasteiger partial charge is 0.380 e. The summed E-state index contributed by atoms with van der Waals surface area (Å²) >= 11 is 8.46. The SMILES string of the molecule is Cc1cccc(CNc2ccc(I)cc2Cl)c1C. The lowest BCUT2D eigenvalue weighted by Crippen LogP contribution is -2.02. The molecule has 2 aromatic rings. The zero-order chi connectivity index (χ0) is 13.1. The van der Waals surface area contributed by atoms with E-state index in [1.165, 1.54) is 16.7 Å². The van der Waals surface area contributed by atoms with Gasteiger partial charge in [-0.2, -0.15) is 0 Å². The summed E-state index contributed by atoms with van der Waals surface area (Å²) < 4.78 is 1.15. The van der Waals surface area contributed by atoms with Crippen molar-refractivity contribution in [3.63, 3.8) is 0 Å². The van der Waals surface area contributed by atoms with Crippen LogP contribution in [0.1, 0.15) is 16.7 Å². The van der Waals surface area contributed by atoms with Crippen LogP contribution in [-0.4, -0.2) is 0 Å². The third-order valence-corrected chi connectivity index (χ3v) is 4.10. The Labute approximate surface area is 127 Å². The molecular weight excluding hydrogens is 357 g/mol. The first-order chi connectivity index (χ1) is 8.58. The molecular formula is C15H15ClIN. The summed E-state index contributed by atoms with van der Waals surface area (Å²) in [5.74, 6) is 0. The number of aryl methyl sites for hydroxylation is 1. The molecule has 1 nitrogen and oxygen atoms in total. The minimum atomic E-state index is 0.771. The Balaban J connectivity index is 2.14. The third-order valence-electron chi connectivity index (χ3n) is 3.12. The highest BCUT2D eigenvalue weighted by atomic mass is 127. The highest BCUT2D eigenvalue weighted by Crippen LogP contribution is 2.25. The second-order valence-electron chi connectivity index (χ2n) is 4.34. The van der Waals surface area contributed by atoms with Gasteiger partial charge in [0.05, 0.1) is 10.7 Å². The van der Waals surface area contributed by atoms with Crippen LogP contribution in [0.2, 0.25) is 5.02 Å². The van der Waals surface area contributed by atoms with Crippen molar-refractivity contribution in [2.75, 3.05) is 5.32 Å². The predicted octanol–water partition coefficient (Wildman–Crippen LogP) is 5.17. The van der Waals surface area contributed by atoms with Gasteiger partial charge in [0.25, 0.3) is 0 Å². The number of benzene rings is 2.